The summed E-state index contributed by atoms with van der Waals surface area (Å²) in [6.07, 6.45) is 1.66. The van der Waals surface area contributed by atoms with Gasteiger partial charge in [-0.15, -0.1) is 0 Å². The molecule has 1 atom stereocenters. The summed E-state index contributed by atoms with van der Waals surface area (Å²) in [6, 6.07) is 4.28. The highest BCUT2D eigenvalue weighted by molar-refractivity contribution is 7.89. The zero-order valence-corrected chi connectivity index (χ0v) is 12.5. The lowest BCUT2D eigenvalue weighted by Gasteiger charge is -2.13. The predicted molar refractivity (Wildman–Crippen MR) is 76.1 cm³/mol. The molecule has 0 saturated carbocycles. The first-order valence-electron chi connectivity index (χ1n) is 6.47. The van der Waals surface area contributed by atoms with Gasteiger partial charge in [0.15, 0.2) is 5.58 Å². The molecule has 0 aliphatic carbocycles. The molecule has 0 aliphatic rings. The minimum atomic E-state index is -3.60. The van der Waals surface area contributed by atoms with Crippen LogP contribution in [-0.4, -0.2) is 19.0 Å². The molecule has 0 amide bonds. The first-order chi connectivity index (χ1) is 9.35. The Morgan fingerprint density at radius 1 is 1.40 bits per heavy atom. The van der Waals surface area contributed by atoms with E-state index in [9.17, 15) is 13.2 Å². The maximum Gasteiger partial charge on any atom is 0.419 e. The van der Waals surface area contributed by atoms with E-state index in [0.717, 1.165) is 12.8 Å². The molecule has 2 aromatic rings. The van der Waals surface area contributed by atoms with Crippen LogP contribution in [0.4, 0.5) is 0 Å². The molecule has 0 bridgehead atoms. The Labute approximate surface area is 117 Å². The third-order valence-corrected chi connectivity index (χ3v) is 4.74. The standard InChI is InChI=1S/C13H18N2O4S/c1-4-5-9(2)14-20(17,18)10-6-7-11-12(8-10)19-13(16)15(11)3/h6-9,14H,4-5H2,1-3H3/t9-/m1/s1. The van der Waals surface area contributed by atoms with Gasteiger partial charge in [0.2, 0.25) is 10.0 Å². The van der Waals surface area contributed by atoms with Crippen molar-refractivity contribution in [2.75, 3.05) is 0 Å². The van der Waals surface area contributed by atoms with Crippen LogP contribution in [0.5, 0.6) is 0 Å². The van der Waals surface area contributed by atoms with Crippen LogP contribution in [-0.2, 0) is 17.1 Å². The van der Waals surface area contributed by atoms with Crippen LogP contribution < -0.4 is 10.5 Å². The lowest BCUT2D eigenvalue weighted by molar-refractivity contribution is 0.526. The fourth-order valence-electron chi connectivity index (χ4n) is 2.11. The number of sulfonamides is 1. The molecule has 1 N–H and O–H groups in total. The van der Waals surface area contributed by atoms with Crippen molar-refractivity contribution in [2.45, 2.75) is 37.6 Å². The van der Waals surface area contributed by atoms with E-state index < -0.39 is 15.8 Å². The van der Waals surface area contributed by atoms with E-state index in [1.165, 1.54) is 16.7 Å². The van der Waals surface area contributed by atoms with Gasteiger partial charge < -0.3 is 4.42 Å². The van der Waals surface area contributed by atoms with Crippen molar-refractivity contribution < 1.29 is 12.8 Å². The van der Waals surface area contributed by atoms with Gasteiger partial charge in [0.05, 0.1) is 10.4 Å². The summed E-state index contributed by atoms with van der Waals surface area (Å²) in [6.45, 7) is 3.82. The van der Waals surface area contributed by atoms with Crippen molar-refractivity contribution in [1.82, 2.24) is 9.29 Å². The molecule has 1 heterocycles. The van der Waals surface area contributed by atoms with E-state index in [4.69, 9.17) is 4.42 Å². The predicted octanol–water partition coefficient (Wildman–Crippen LogP) is 1.60. The monoisotopic (exact) mass is 298 g/mol. The second-order valence-electron chi connectivity index (χ2n) is 4.87. The number of nitrogens with one attached hydrogen (secondary N) is 1. The van der Waals surface area contributed by atoms with Crippen LogP contribution in [0.25, 0.3) is 11.1 Å². The molecule has 1 aromatic carbocycles. The van der Waals surface area contributed by atoms with Gasteiger partial charge in [-0.05, 0) is 25.5 Å². The van der Waals surface area contributed by atoms with Gasteiger partial charge in [-0.2, -0.15) is 0 Å². The Hall–Kier alpha value is -1.60. The van der Waals surface area contributed by atoms with Gasteiger partial charge >= 0.3 is 5.76 Å². The zero-order chi connectivity index (χ0) is 14.9. The topological polar surface area (TPSA) is 81.3 Å². The van der Waals surface area contributed by atoms with Gasteiger partial charge in [-0.3, -0.25) is 4.57 Å². The molecule has 110 valence electrons. The number of nitrogens with zero attached hydrogens (tertiary/aromatic N) is 1. The van der Waals surface area contributed by atoms with Crippen LogP contribution >= 0.6 is 0 Å². The summed E-state index contributed by atoms with van der Waals surface area (Å²) in [5.74, 6) is -0.512. The number of fused-ring (bicyclic) bond motifs is 1. The Morgan fingerprint density at radius 2 is 2.10 bits per heavy atom. The maximum atomic E-state index is 12.2. The molecule has 0 radical (unpaired) electrons. The summed E-state index contributed by atoms with van der Waals surface area (Å²) < 4.78 is 33.4. The number of aromatic nitrogens is 1. The SMILES string of the molecule is CCC[C@@H](C)NS(=O)(=O)c1ccc2c(c1)oc(=O)n2C. The first-order valence-corrected chi connectivity index (χ1v) is 7.95. The fourth-order valence-corrected chi connectivity index (χ4v) is 3.40. The number of oxazole rings is 1. The lowest BCUT2D eigenvalue weighted by Crippen LogP contribution is -2.32. The van der Waals surface area contributed by atoms with Crippen LogP contribution in [0, 0.1) is 0 Å². The van der Waals surface area contributed by atoms with Gasteiger partial charge in [0.1, 0.15) is 0 Å². The maximum absolute atomic E-state index is 12.2. The van der Waals surface area contributed by atoms with E-state index in [2.05, 4.69) is 4.72 Å². The summed E-state index contributed by atoms with van der Waals surface area (Å²) in [4.78, 5) is 11.5. The number of rotatable bonds is 5. The Kier molecular flexibility index (Phi) is 4.01. The van der Waals surface area contributed by atoms with E-state index in [1.807, 2.05) is 13.8 Å². The van der Waals surface area contributed by atoms with Crippen LogP contribution in [0.15, 0.2) is 32.3 Å². The van der Waals surface area contributed by atoms with E-state index in [0.29, 0.717) is 5.52 Å². The van der Waals surface area contributed by atoms with Crippen LogP contribution in [0.3, 0.4) is 0 Å². The number of benzene rings is 1. The molecule has 6 nitrogen and oxygen atoms in total. The summed E-state index contributed by atoms with van der Waals surface area (Å²) >= 11 is 0. The highest BCUT2D eigenvalue weighted by atomic mass is 32.2. The molecule has 2 rings (SSSR count). The summed E-state index contributed by atoms with van der Waals surface area (Å²) in [7, 11) is -2.02. The Balaban J connectivity index is 2.40. The van der Waals surface area contributed by atoms with Gasteiger partial charge in [0, 0.05) is 19.2 Å². The summed E-state index contributed by atoms with van der Waals surface area (Å²) in [5.41, 5.74) is 0.832. The van der Waals surface area contributed by atoms with Gasteiger partial charge in [-0.1, -0.05) is 13.3 Å². The number of aryl methyl sites for hydroxylation is 1. The number of hydrogen-bond donors (Lipinski definition) is 1. The van der Waals surface area contributed by atoms with Crippen molar-refractivity contribution in [3.8, 4) is 0 Å². The quantitative estimate of drug-likeness (QED) is 0.909. The van der Waals surface area contributed by atoms with Crippen molar-refractivity contribution in [2.24, 2.45) is 7.05 Å². The van der Waals surface area contributed by atoms with E-state index in [1.54, 1.807) is 13.1 Å². The van der Waals surface area contributed by atoms with Crippen molar-refractivity contribution in [3.05, 3.63) is 28.7 Å². The molecule has 0 saturated heterocycles. The fraction of sp³-hybridized carbons (Fsp3) is 0.462. The smallest absolute Gasteiger partial charge is 0.408 e. The normalized spacial score (nSPS) is 13.8. The third kappa shape index (κ3) is 2.78. The van der Waals surface area contributed by atoms with Gasteiger partial charge in [-0.25, -0.2) is 17.9 Å². The van der Waals surface area contributed by atoms with Crippen LogP contribution in [0.1, 0.15) is 26.7 Å². The molecule has 0 spiro atoms. The zero-order valence-electron chi connectivity index (χ0n) is 11.7. The molecular weight excluding hydrogens is 280 g/mol. The van der Waals surface area contributed by atoms with Crippen LogP contribution in [0.2, 0.25) is 0 Å². The summed E-state index contributed by atoms with van der Waals surface area (Å²) in [5, 5.41) is 0. The second kappa shape index (κ2) is 5.41. The molecule has 7 heteroatoms. The third-order valence-electron chi connectivity index (χ3n) is 3.15. The lowest BCUT2D eigenvalue weighted by atomic mass is 10.2. The molecule has 0 aliphatic heterocycles. The van der Waals surface area contributed by atoms with E-state index in [-0.39, 0.29) is 16.5 Å². The molecule has 0 unspecified atom stereocenters. The number of hydrogen-bond acceptors (Lipinski definition) is 4. The average Bonchev–Trinajstić information content (AvgIpc) is 2.64. The minimum absolute atomic E-state index is 0.0994. The van der Waals surface area contributed by atoms with Crippen molar-refractivity contribution in [1.29, 1.82) is 0 Å². The average molecular weight is 298 g/mol. The molecule has 1 aromatic heterocycles. The first kappa shape index (κ1) is 14.8. The van der Waals surface area contributed by atoms with Crippen molar-refractivity contribution >= 4 is 21.1 Å². The Bertz CT molecular complexity index is 773. The minimum Gasteiger partial charge on any atom is -0.408 e. The van der Waals surface area contributed by atoms with Crippen molar-refractivity contribution in [3.63, 3.8) is 0 Å². The van der Waals surface area contributed by atoms with E-state index >= 15 is 0 Å². The molecule has 20 heavy (non-hydrogen) atoms. The molecular formula is C13H18N2O4S. The van der Waals surface area contributed by atoms with Gasteiger partial charge in [0.25, 0.3) is 0 Å². The second-order valence-corrected chi connectivity index (χ2v) is 6.58. The largest absolute Gasteiger partial charge is 0.419 e. The highest BCUT2D eigenvalue weighted by Crippen LogP contribution is 2.18. The molecule has 0 fully saturated rings. The highest BCUT2D eigenvalue weighted by Gasteiger charge is 2.18. The Morgan fingerprint density at radius 3 is 2.75 bits per heavy atom.